The van der Waals surface area contributed by atoms with Gasteiger partial charge in [0.1, 0.15) is 0 Å². The van der Waals surface area contributed by atoms with Gasteiger partial charge in [0.15, 0.2) is 0 Å². The number of piperidine rings is 1. The summed E-state index contributed by atoms with van der Waals surface area (Å²) in [5.74, 6) is 0.687. The maximum absolute atomic E-state index is 12.7. The van der Waals surface area contributed by atoms with E-state index >= 15 is 0 Å². The summed E-state index contributed by atoms with van der Waals surface area (Å²) in [5.41, 5.74) is 0.806. The summed E-state index contributed by atoms with van der Waals surface area (Å²) in [6.07, 6.45) is -2.91. The van der Waals surface area contributed by atoms with Crippen LogP contribution < -0.4 is 5.32 Å². The minimum Gasteiger partial charge on any atom is -0.352 e. The molecule has 1 aliphatic rings. The SMILES string of the molecule is O=C(NCc1ccccc1)C1CCN(Cc2nc(-c3ccc(C(F)(F)F)cc3)no2)CC1. The van der Waals surface area contributed by atoms with Crippen molar-refractivity contribution in [2.75, 3.05) is 13.1 Å². The minimum absolute atomic E-state index is 0.0274. The first kappa shape index (κ1) is 22.0. The van der Waals surface area contributed by atoms with Crippen LogP contribution in [0.4, 0.5) is 13.2 Å². The van der Waals surface area contributed by atoms with Crippen molar-refractivity contribution in [3.05, 3.63) is 71.6 Å². The zero-order valence-electron chi connectivity index (χ0n) is 17.3. The summed E-state index contributed by atoms with van der Waals surface area (Å²) in [7, 11) is 0. The fourth-order valence-corrected chi connectivity index (χ4v) is 3.72. The second-order valence-electron chi connectivity index (χ2n) is 7.84. The number of hydrogen-bond acceptors (Lipinski definition) is 5. The highest BCUT2D eigenvalue weighted by Gasteiger charge is 2.30. The third-order valence-corrected chi connectivity index (χ3v) is 5.57. The summed E-state index contributed by atoms with van der Waals surface area (Å²) in [4.78, 5) is 18.9. The van der Waals surface area contributed by atoms with Crippen LogP contribution in [-0.4, -0.2) is 34.0 Å². The van der Waals surface area contributed by atoms with Crippen LogP contribution in [-0.2, 0) is 24.1 Å². The Bertz CT molecular complexity index is 1030. The van der Waals surface area contributed by atoms with Crippen LogP contribution in [0.15, 0.2) is 59.1 Å². The molecule has 0 spiro atoms. The van der Waals surface area contributed by atoms with E-state index in [0.29, 0.717) is 24.5 Å². The largest absolute Gasteiger partial charge is 0.416 e. The van der Waals surface area contributed by atoms with E-state index in [4.69, 9.17) is 4.52 Å². The number of rotatable bonds is 6. The molecular weight excluding hydrogens is 421 g/mol. The lowest BCUT2D eigenvalue weighted by Crippen LogP contribution is -2.40. The van der Waals surface area contributed by atoms with Crippen molar-refractivity contribution < 1.29 is 22.5 Å². The first-order valence-electron chi connectivity index (χ1n) is 10.4. The van der Waals surface area contributed by atoms with Crippen molar-refractivity contribution >= 4 is 5.91 Å². The van der Waals surface area contributed by atoms with E-state index in [1.807, 2.05) is 30.3 Å². The van der Waals surface area contributed by atoms with Gasteiger partial charge in [0.2, 0.25) is 17.6 Å². The van der Waals surface area contributed by atoms with Crippen LogP contribution in [0.2, 0.25) is 0 Å². The monoisotopic (exact) mass is 444 g/mol. The fraction of sp³-hybridized carbons (Fsp3) is 0.348. The second-order valence-corrected chi connectivity index (χ2v) is 7.84. The molecule has 0 bridgehead atoms. The molecule has 1 N–H and O–H groups in total. The van der Waals surface area contributed by atoms with Crippen molar-refractivity contribution in [1.82, 2.24) is 20.4 Å². The number of carbonyl (C=O) groups is 1. The molecule has 2 heterocycles. The van der Waals surface area contributed by atoms with Crippen molar-refractivity contribution in [1.29, 1.82) is 0 Å². The average Bonchev–Trinajstić information content (AvgIpc) is 3.27. The van der Waals surface area contributed by atoms with Crippen LogP contribution in [0.1, 0.15) is 29.9 Å². The average molecular weight is 444 g/mol. The molecule has 1 amide bonds. The molecule has 1 fully saturated rings. The Morgan fingerprint density at radius 3 is 2.41 bits per heavy atom. The molecule has 1 aliphatic heterocycles. The summed E-state index contributed by atoms with van der Waals surface area (Å²) in [6.45, 7) is 2.41. The van der Waals surface area contributed by atoms with Crippen molar-refractivity contribution in [2.45, 2.75) is 32.1 Å². The van der Waals surface area contributed by atoms with E-state index in [2.05, 4.69) is 20.4 Å². The van der Waals surface area contributed by atoms with Gasteiger partial charge in [0, 0.05) is 18.0 Å². The van der Waals surface area contributed by atoms with Crippen LogP contribution in [0.25, 0.3) is 11.4 Å². The van der Waals surface area contributed by atoms with Gasteiger partial charge in [0.05, 0.1) is 12.1 Å². The van der Waals surface area contributed by atoms with E-state index in [-0.39, 0.29) is 17.6 Å². The molecule has 0 unspecified atom stereocenters. The number of alkyl halides is 3. The van der Waals surface area contributed by atoms with Gasteiger partial charge in [-0.3, -0.25) is 9.69 Å². The lowest BCUT2D eigenvalue weighted by atomic mass is 9.96. The number of nitrogens with zero attached hydrogens (tertiary/aromatic N) is 3. The fourth-order valence-electron chi connectivity index (χ4n) is 3.72. The normalized spacial score (nSPS) is 15.6. The molecule has 32 heavy (non-hydrogen) atoms. The predicted octanol–water partition coefficient (Wildman–Crippen LogP) is 4.28. The minimum atomic E-state index is -4.38. The molecule has 4 rings (SSSR count). The number of aromatic nitrogens is 2. The first-order chi connectivity index (χ1) is 15.4. The summed E-state index contributed by atoms with van der Waals surface area (Å²) in [6, 6.07) is 14.4. The molecule has 168 valence electrons. The number of likely N-dealkylation sites (tertiary alicyclic amines) is 1. The molecule has 0 atom stereocenters. The summed E-state index contributed by atoms with van der Waals surface area (Å²) < 4.78 is 43.4. The van der Waals surface area contributed by atoms with Crippen LogP contribution in [0.3, 0.4) is 0 Å². The Morgan fingerprint density at radius 1 is 1.06 bits per heavy atom. The molecule has 0 aliphatic carbocycles. The Morgan fingerprint density at radius 2 is 1.75 bits per heavy atom. The zero-order valence-corrected chi connectivity index (χ0v) is 17.3. The number of halogens is 3. The Kier molecular flexibility index (Phi) is 6.55. The second kappa shape index (κ2) is 9.52. The Hall–Kier alpha value is -3.20. The maximum Gasteiger partial charge on any atom is 0.416 e. The predicted molar refractivity (Wildman–Crippen MR) is 111 cm³/mol. The first-order valence-corrected chi connectivity index (χ1v) is 10.4. The molecule has 3 aromatic rings. The van der Waals surface area contributed by atoms with Crippen molar-refractivity contribution in [3.63, 3.8) is 0 Å². The van der Waals surface area contributed by atoms with Gasteiger partial charge in [0.25, 0.3) is 0 Å². The van der Waals surface area contributed by atoms with Gasteiger partial charge in [-0.1, -0.05) is 47.6 Å². The Labute approximate surface area is 183 Å². The lowest BCUT2D eigenvalue weighted by molar-refractivity contribution is -0.137. The zero-order chi connectivity index (χ0) is 22.6. The standard InChI is InChI=1S/C23H23F3N4O2/c24-23(25,26)19-8-6-17(7-9-19)21-28-20(32-29-21)15-30-12-10-18(11-13-30)22(31)27-14-16-4-2-1-3-5-16/h1-9,18H,10-15H2,(H,27,31). The van der Waals surface area contributed by atoms with E-state index in [1.165, 1.54) is 12.1 Å². The highest BCUT2D eigenvalue weighted by atomic mass is 19.4. The van der Waals surface area contributed by atoms with Gasteiger partial charge < -0.3 is 9.84 Å². The highest BCUT2D eigenvalue weighted by molar-refractivity contribution is 5.78. The molecule has 0 radical (unpaired) electrons. The van der Waals surface area contributed by atoms with E-state index in [1.54, 1.807) is 0 Å². The molecule has 2 aromatic carbocycles. The molecule has 1 saturated heterocycles. The third kappa shape index (κ3) is 5.53. The van der Waals surface area contributed by atoms with Gasteiger partial charge in [-0.05, 0) is 43.6 Å². The molecule has 0 saturated carbocycles. The third-order valence-electron chi connectivity index (χ3n) is 5.57. The van der Waals surface area contributed by atoms with Gasteiger partial charge >= 0.3 is 6.18 Å². The number of nitrogens with one attached hydrogen (secondary N) is 1. The number of carbonyl (C=O) groups excluding carboxylic acids is 1. The van der Waals surface area contributed by atoms with Crippen molar-refractivity contribution in [2.24, 2.45) is 5.92 Å². The number of hydrogen-bond donors (Lipinski definition) is 1. The number of amides is 1. The highest BCUT2D eigenvalue weighted by Crippen LogP contribution is 2.30. The molecular formula is C23H23F3N4O2. The number of benzene rings is 2. The molecule has 1 aromatic heterocycles. The summed E-state index contributed by atoms with van der Waals surface area (Å²) >= 11 is 0. The van der Waals surface area contributed by atoms with E-state index < -0.39 is 11.7 Å². The van der Waals surface area contributed by atoms with Gasteiger partial charge in [-0.25, -0.2) is 0 Å². The molecule has 6 nitrogen and oxygen atoms in total. The smallest absolute Gasteiger partial charge is 0.352 e. The van der Waals surface area contributed by atoms with Gasteiger partial charge in [-0.2, -0.15) is 18.2 Å². The molecule has 9 heteroatoms. The van der Waals surface area contributed by atoms with E-state index in [9.17, 15) is 18.0 Å². The van der Waals surface area contributed by atoms with Crippen LogP contribution >= 0.6 is 0 Å². The van der Waals surface area contributed by atoms with E-state index in [0.717, 1.165) is 43.6 Å². The van der Waals surface area contributed by atoms with Gasteiger partial charge in [-0.15, -0.1) is 0 Å². The Balaban J connectivity index is 1.26. The van der Waals surface area contributed by atoms with Crippen LogP contribution in [0.5, 0.6) is 0 Å². The van der Waals surface area contributed by atoms with Crippen molar-refractivity contribution in [3.8, 4) is 11.4 Å². The topological polar surface area (TPSA) is 71.3 Å². The lowest BCUT2D eigenvalue weighted by Gasteiger charge is -2.30. The van der Waals surface area contributed by atoms with Crippen LogP contribution in [0, 0.1) is 5.92 Å². The summed E-state index contributed by atoms with van der Waals surface area (Å²) in [5, 5.41) is 6.88. The maximum atomic E-state index is 12.7. The quantitative estimate of drug-likeness (QED) is 0.615.